The Labute approximate surface area is 131 Å². The molecule has 0 aromatic heterocycles. The van der Waals surface area contributed by atoms with Gasteiger partial charge in [-0.05, 0) is 44.2 Å². The maximum atomic E-state index is 11.9. The molecule has 0 radical (unpaired) electrons. The summed E-state index contributed by atoms with van der Waals surface area (Å²) in [4.78, 5) is 22.8. The lowest BCUT2D eigenvalue weighted by Gasteiger charge is -2.26. The van der Waals surface area contributed by atoms with Gasteiger partial charge in [-0.3, -0.25) is 9.59 Å². The summed E-state index contributed by atoms with van der Waals surface area (Å²) >= 11 is 0. The number of carboxylic acid groups (broad SMARTS) is 1. The van der Waals surface area contributed by atoms with Gasteiger partial charge in [-0.15, -0.1) is 0 Å². The van der Waals surface area contributed by atoms with Crippen LogP contribution in [0.4, 0.5) is 5.69 Å². The molecule has 1 saturated carbocycles. The second-order valence-electron chi connectivity index (χ2n) is 5.95. The first-order valence-electron chi connectivity index (χ1n) is 7.88. The van der Waals surface area contributed by atoms with Crippen molar-refractivity contribution in [3.63, 3.8) is 0 Å². The van der Waals surface area contributed by atoms with Crippen LogP contribution < -0.4 is 10.6 Å². The van der Waals surface area contributed by atoms with Crippen LogP contribution in [-0.4, -0.2) is 29.6 Å². The van der Waals surface area contributed by atoms with E-state index in [-0.39, 0.29) is 17.9 Å². The zero-order valence-electron chi connectivity index (χ0n) is 13.0. The van der Waals surface area contributed by atoms with Gasteiger partial charge in [0, 0.05) is 24.7 Å². The highest BCUT2D eigenvalue weighted by Gasteiger charge is 2.26. The van der Waals surface area contributed by atoms with Crippen LogP contribution in [-0.2, 0) is 9.59 Å². The van der Waals surface area contributed by atoms with Crippen molar-refractivity contribution in [1.82, 2.24) is 5.32 Å². The summed E-state index contributed by atoms with van der Waals surface area (Å²) < 4.78 is 0. The lowest BCUT2D eigenvalue weighted by Crippen LogP contribution is -2.39. The summed E-state index contributed by atoms with van der Waals surface area (Å²) in [5.41, 5.74) is 2.21. The molecule has 1 aromatic carbocycles. The van der Waals surface area contributed by atoms with Crippen molar-refractivity contribution in [2.24, 2.45) is 5.92 Å². The first-order valence-corrected chi connectivity index (χ1v) is 7.88. The number of para-hydroxylation sites is 1. The van der Waals surface area contributed by atoms with Gasteiger partial charge in [0.1, 0.15) is 0 Å². The van der Waals surface area contributed by atoms with Crippen molar-refractivity contribution in [3.8, 4) is 0 Å². The van der Waals surface area contributed by atoms with E-state index in [1.807, 2.05) is 31.2 Å². The Morgan fingerprint density at radius 1 is 1.18 bits per heavy atom. The molecule has 2 rings (SSSR count). The van der Waals surface area contributed by atoms with E-state index in [0.29, 0.717) is 25.8 Å². The molecule has 1 aromatic rings. The maximum Gasteiger partial charge on any atom is 0.306 e. The SMILES string of the molecule is Cc1ccccc1NCCC(=O)NC1CCC(C(=O)O)CC1. The van der Waals surface area contributed by atoms with Crippen molar-refractivity contribution in [2.45, 2.75) is 45.1 Å². The highest BCUT2D eigenvalue weighted by Crippen LogP contribution is 2.24. The predicted molar refractivity (Wildman–Crippen MR) is 85.8 cm³/mol. The molecule has 5 nitrogen and oxygen atoms in total. The summed E-state index contributed by atoms with van der Waals surface area (Å²) in [7, 11) is 0. The fourth-order valence-corrected chi connectivity index (χ4v) is 2.87. The molecule has 5 heteroatoms. The molecule has 0 unspecified atom stereocenters. The minimum absolute atomic E-state index is 0.0276. The van der Waals surface area contributed by atoms with E-state index in [1.165, 1.54) is 0 Å². The summed E-state index contributed by atoms with van der Waals surface area (Å²) in [5, 5.41) is 15.2. The Kier molecular flexibility index (Phi) is 5.81. The van der Waals surface area contributed by atoms with Gasteiger partial charge < -0.3 is 15.7 Å². The predicted octanol–water partition coefficient (Wildman–Crippen LogP) is 2.56. The maximum absolute atomic E-state index is 11.9. The largest absolute Gasteiger partial charge is 0.481 e. The molecule has 3 N–H and O–H groups in total. The van der Waals surface area contributed by atoms with E-state index in [9.17, 15) is 9.59 Å². The van der Waals surface area contributed by atoms with Crippen LogP contribution in [0.5, 0.6) is 0 Å². The quantitative estimate of drug-likeness (QED) is 0.754. The fraction of sp³-hybridized carbons (Fsp3) is 0.529. The minimum Gasteiger partial charge on any atom is -0.481 e. The molecule has 0 atom stereocenters. The Hall–Kier alpha value is -2.04. The standard InChI is InChI=1S/C17H24N2O3/c1-12-4-2-3-5-15(12)18-11-10-16(20)19-14-8-6-13(7-9-14)17(21)22/h2-5,13-14,18H,6-11H2,1H3,(H,19,20)(H,21,22). The number of aryl methyl sites for hydroxylation is 1. The summed E-state index contributed by atoms with van der Waals surface area (Å²) in [6, 6.07) is 8.11. The number of carbonyl (C=O) groups excluding carboxylic acids is 1. The van der Waals surface area contributed by atoms with Crippen molar-refractivity contribution >= 4 is 17.6 Å². The fourth-order valence-electron chi connectivity index (χ4n) is 2.87. The number of anilines is 1. The van der Waals surface area contributed by atoms with Crippen molar-refractivity contribution in [3.05, 3.63) is 29.8 Å². The number of carbonyl (C=O) groups is 2. The normalized spacial score (nSPS) is 21.1. The Bertz CT molecular complexity index is 522. The summed E-state index contributed by atoms with van der Waals surface area (Å²) in [6.45, 7) is 2.63. The number of nitrogens with one attached hydrogen (secondary N) is 2. The average Bonchev–Trinajstić information content (AvgIpc) is 2.50. The first kappa shape index (κ1) is 16.3. The van der Waals surface area contributed by atoms with E-state index in [2.05, 4.69) is 10.6 Å². The number of carboxylic acids is 1. The average molecular weight is 304 g/mol. The molecule has 120 valence electrons. The molecule has 1 fully saturated rings. The zero-order chi connectivity index (χ0) is 15.9. The Morgan fingerprint density at radius 3 is 2.50 bits per heavy atom. The third kappa shape index (κ3) is 4.76. The molecule has 0 spiro atoms. The van der Waals surface area contributed by atoms with Crippen molar-refractivity contribution in [1.29, 1.82) is 0 Å². The monoisotopic (exact) mass is 304 g/mol. The van der Waals surface area contributed by atoms with E-state index in [1.54, 1.807) is 0 Å². The molecule has 0 heterocycles. The number of hydrogen-bond acceptors (Lipinski definition) is 3. The van der Waals surface area contributed by atoms with Gasteiger partial charge in [0.2, 0.25) is 5.91 Å². The van der Waals surface area contributed by atoms with Crippen LogP contribution in [0.3, 0.4) is 0 Å². The summed E-state index contributed by atoms with van der Waals surface area (Å²) in [6.07, 6.45) is 3.25. The number of rotatable bonds is 6. The molecule has 1 aliphatic carbocycles. The van der Waals surface area contributed by atoms with Crippen molar-refractivity contribution < 1.29 is 14.7 Å². The van der Waals surface area contributed by atoms with Crippen LogP contribution in [0.15, 0.2) is 24.3 Å². The van der Waals surface area contributed by atoms with Gasteiger partial charge in [0.15, 0.2) is 0 Å². The smallest absolute Gasteiger partial charge is 0.306 e. The third-order valence-electron chi connectivity index (χ3n) is 4.25. The second-order valence-corrected chi connectivity index (χ2v) is 5.95. The lowest BCUT2D eigenvalue weighted by molar-refractivity contribution is -0.142. The van der Waals surface area contributed by atoms with E-state index in [0.717, 1.165) is 24.1 Å². The lowest BCUT2D eigenvalue weighted by atomic mass is 9.86. The van der Waals surface area contributed by atoms with Crippen LogP contribution in [0.1, 0.15) is 37.7 Å². The van der Waals surface area contributed by atoms with Crippen LogP contribution in [0, 0.1) is 12.8 Å². The molecule has 0 bridgehead atoms. The van der Waals surface area contributed by atoms with Gasteiger partial charge in [0.05, 0.1) is 5.92 Å². The zero-order valence-corrected chi connectivity index (χ0v) is 13.0. The molecular weight excluding hydrogens is 280 g/mol. The molecule has 1 aliphatic rings. The highest BCUT2D eigenvalue weighted by molar-refractivity contribution is 5.77. The topological polar surface area (TPSA) is 78.4 Å². The number of amides is 1. The Morgan fingerprint density at radius 2 is 1.86 bits per heavy atom. The summed E-state index contributed by atoms with van der Waals surface area (Å²) in [5.74, 6) is -0.928. The molecule has 22 heavy (non-hydrogen) atoms. The van der Waals surface area contributed by atoms with E-state index in [4.69, 9.17) is 5.11 Å². The van der Waals surface area contributed by atoms with Gasteiger partial charge in [-0.2, -0.15) is 0 Å². The van der Waals surface area contributed by atoms with Gasteiger partial charge in [-0.1, -0.05) is 18.2 Å². The number of benzene rings is 1. The first-order chi connectivity index (χ1) is 10.6. The van der Waals surface area contributed by atoms with Gasteiger partial charge in [0.25, 0.3) is 0 Å². The molecule has 1 amide bonds. The van der Waals surface area contributed by atoms with Gasteiger partial charge in [-0.25, -0.2) is 0 Å². The van der Waals surface area contributed by atoms with Crippen molar-refractivity contribution in [2.75, 3.05) is 11.9 Å². The minimum atomic E-state index is -0.716. The Balaban J connectivity index is 1.66. The van der Waals surface area contributed by atoms with E-state index < -0.39 is 5.97 Å². The van der Waals surface area contributed by atoms with Crippen LogP contribution in [0.2, 0.25) is 0 Å². The number of aliphatic carboxylic acids is 1. The second kappa shape index (κ2) is 7.82. The highest BCUT2D eigenvalue weighted by atomic mass is 16.4. The molecular formula is C17H24N2O3. The molecule has 0 saturated heterocycles. The van der Waals surface area contributed by atoms with Crippen LogP contribution >= 0.6 is 0 Å². The number of hydrogen-bond donors (Lipinski definition) is 3. The third-order valence-corrected chi connectivity index (χ3v) is 4.25. The van der Waals surface area contributed by atoms with Crippen LogP contribution in [0.25, 0.3) is 0 Å². The van der Waals surface area contributed by atoms with Gasteiger partial charge >= 0.3 is 5.97 Å². The molecule has 0 aliphatic heterocycles. The van der Waals surface area contributed by atoms with E-state index >= 15 is 0 Å².